The number of nitrogens with zero attached hydrogens (tertiary/aromatic N) is 3. The van der Waals surface area contributed by atoms with Crippen LogP contribution in [-0.4, -0.2) is 23.1 Å². The quantitative estimate of drug-likeness (QED) is 0.755. The minimum absolute atomic E-state index is 0.687. The highest BCUT2D eigenvalue weighted by Crippen LogP contribution is 2.25. The molecule has 4 nitrogen and oxygen atoms in total. The van der Waals surface area contributed by atoms with Gasteiger partial charge in [-0.05, 0) is 18.4 Å². The van der Waals surface area contributed by atoms with Gasteiger partial charge in [0.25, 0.3) is 0 Å². The Hall–Kier alpha value is -2.88. The molecular weight excluding hydrogens is 308 g/mol. The summed E-state index contributed by atoms with van der Waals surface area (Å²) in [6.45, 7) is 2.87. The van der Waals surface area contributed by atoms with Crippen molar-refractivity contribution in [3.8, 4) is 11.3 Å². The Bertz CT molecular complexity index is 812. The molecule has 0 atom stereocenters. The van der Waals surface area contributed by atoms with Crippen LogP contribution in [0.2, 0.25) is 0 Å². The van der Waals surface area contributed by atoms with Crippen LogP contribution >= 0.6 is 0 Å². The minimum atomic E-state index is 0.687. The number of benzene rings is 2. The van der Waals surface area contributed by atoms with E-state index in [1.807, 2.05) is 36.4 Å². The van der Waals surface area contributed by atoms with Crippen LogP contribution in [0.4, 0.5) is 11.8 Å². The maximum atomic E-state index is 4.76. The second-order valence-corrected chi connectivity index (χ2v) is 6.33. The van der Waals surface area contributed by atoms with E-state index < -0.39 is 0 Å². The summed E-state index contributed by atoms with van der Waals surface area (Å²) >= 11 is 0. The van der Waals surface area contributed by atoms with Crippen molar-refractivity contribution in [1.29, 1.82) is 0 Å². The summed E-state index contributed by atoms with van der Waals surface area (Å²) in [5, 5.41) is 3.39. The number of aromatic nitrogens is 2. The molecule has 4 heteroatoms. The number of nitrogens with one attached hydrogen (secondary N) is 1. The molecule has 2 aromatic carbocycles. The Balaban J connectivity index is 1.63. The Kier molecular flexibility index (Phi) is 4.59. The van der Waals surface area contributed by atoms with Crippen molar-refractivity contribution in [2.45, 2.75) is 19.4 Å². The van der Waals surface area contributed by atoms with Gasteiger partial charge in [-0.25, -0.2) is 4.98 Å². The molecule has 0 amide bonds. The predicted octanol–water partition coefficient (Wildman–Crippen LogP) is 4.36. The Morgan fingerprint density at radius 3 is 2.24 bits per heavy atom. The van der Waals surface area contributed by atoms with Gasteiger partial charge in [-0.1, -0.05) is 60.7 Å². The number of rotatable bonds is 5. The van der Waals surface area contributed by atoms with Crippen LogP contribution in [0.15, 0.2) is 66.7 Å². The monoisotopic (exact) mass is 330 g/mol. The van der Waals surface area contributed by atoms with Gasteiger partial charge < -0.3 is 10.2 Å². The zero-order valence-corrected chi connectivity index (χ0v) is 14.2. The van der Waals surface area contributed by atoms with E-state index in [0.29, 0.717) is 5.95 Å². The zero-order valence-electron chi connectivity index (χ0n) is 14.2. The third-order valence-corrected chi connectivity index (χ3v) is 4.51. The van der Waals surface area contributed by atoms with Gasteiger partial charge in [0.1, 0.15) is 5.82 Å². The maximum Gasteiger partial charge on any atom is 0.225 e. The molecule has 4 rings (SSSR count). The fourth-order valence-electron chi connectivity index (χ4n) is 3.16. The molecule has 1 fully saturated rings. The molecule has 1 N–H and O–H groups in total. The Labute approximate surface area is 148 Å². The molecule has 0 radical (unpaired) electrons. The number of hydrogen-bond acceptors (Lipinski definition) is 4. The van der Waals surface area contributed by atoms with Crippen molar-refractivity contribution < 1.29 is 0 Å². The normalized spacial score (nSPS) is 13.8. The number of anilines is 2. The van der Waals surface area contributed by atoms with Gasteiger partial charge in [-0.15, -0.1) is 0 Å². The van der Waals surface area contributed by atoms with Crippen LogP contribution in [-0.2, 0) is 6.54 Å². The smallest absolute Gasteiger partial charge is 0.225 e. The van der Waals surface area contributed by atoms with E-state index in [1.165, 1.54) is 18.4 Å². The molecule has 0 unspecified atom stereocenters. The largest absolute Gasteiger partial charge is 0.356 e. The lowest BCUT2D eigenvalue weighted by molar-refractivity contribution is 0.924. The van der Waals surface area contributed by atoms with Crippen molar-refractivity contribution in [2.75, 3.05) is 23.3 Å². The third-order valence-electron chi connectivity index (χ3n) is 4.51. The molecule has 126 valence electrons. The van der Waals surface area contributed by atoms with E-state index in [2.05, 4.69) is 40.5 Å². The molecule has 0 spiro atoms. The molecule has 3 aromatic rings. The van der Waals surface area contributed by atoms with Gasteiger partial charge in [-0.2, -0.15) is 4.98 Å². The zero-order chi connectivity index (χ0) is 16.9. The minimum Gasteiger partial charge on any atom is -0.356 e. The highest BCUT2D eigenvalue weighted by molar-refractivity contribution is 5.65. The van der Waals surface area contributed by atoms with E-state index in [9.17, 15) is 0 Å². The lowest BCUT2D eigenvalue weighted by atomic mass is 10.1. The summed E-state index contributed by atoms with van der Waals surface area (Å²) in [6, 6.07) is 22.8. The maximum absolute atomic E-state index is 4.76. The van der Waals surface area contributed by atoms with Crippen LogP contribution in [0.3, 0.4) is 0 Å². The first-order valence-corrected chi connectivity index (χ1v) is 8.86. The van der Waals surface area contributed by atoms with E-state index in [-0.39, 0.29) is 0 Å². The molecule has 0 aliphatic carbocycles. The van der Waals surface area contributed by atoms with Gasteiger partial charge in [0.05, 0.1) is 5.69 Å². The highest BCUT2D eigenvalue weighted by Gasteiger charge is 2.16. The molecule has 2 heterocycles. The summed E-state index contributed by atoms with van der Waals surface area (Å²) in [6.07, 6.45) is 2.47. The average Bonchev–Trinajstić information content (AvgIpc) is 3.23. The van der Waals surface area contributed by atoms with Gasteiger partial charge in [0, 0.05) is 31.3 Å². The molecule has 25 heavy (non-hydrogen) atoms. The van der Waals surface area contributed by atoms with Gasteiger partial charge in [0.15, 0.2) is 0 Å². The average molecular weight is 330 g/mol. The fraction of sp³-hybridized carbons (Fsp3) is 0.238. The summed E-state index contributed by atoms with van der Waals surface area (Å²) in [4.78, 5) is 11.8. The lowest BCUT2D eigenvalue weighted by Gasteiger charge is -2.18. The first-order chi connectivity index (χ1) is 12.4. The van der Waals surface area contributed by atoms with E-state index in [1.54, 1.807) is 0 Å². The van der Waals surface area contributed by atoms with Crippen molar-refractivity contribution in [3.05, 3.63) is 72.3 Å². The Morgan fingerprint density at radius 2 is 1.52 bits per heavy atom. The standard InChI is InChI=1S/C21H22N4/c1-3-9-17(10-4-1)16-22-21-23-19(18-11-5-2-6-12-18)15-20(24-21)25-13-7-8-14-25/h1-6,9-12,15H,7-8,13-14,16H2,(H,22,23,24). The van der Waals surface area contributed by atoms with Crippen LogP contribution in [0.25, 0.3) is 11.3 Å². The molecule has 0 saturated carbocycles. The second-order valence-electron chi connectivity index (χ2n) is 6.33. The summed E-state index contributed by atoms with van der Waals surface area (Å²) in [7, 11) is 0. The van der Waals surface area contributed by atoms with Gasteiger partial charge in [-0.3, -0.25) is 0 Å². The molecule has 1 aliphatic rings. The van der Waals surface area contributed by atoms with Gasteiger partial charge >= 0.3 is 0 Å². The van der Waals surface area contributed by atoms with Crippen molar-refractivity contribution in [3.63, 3.8) is 0 Å². The third kappa shape index (κ3) is 3.79. The SMILES string of the molecule is c1ccc(CNc2nc(-c3ccccc3)cc(N3CCCC3)n2)cc1. The van der Waals surface area contributed by atoms with Crippen molar-refractivity contribution in [2.24, 2.45) is 0 Å². The first kappa shape index (κ1) is 15.6. The predicted molar refractivity (Wildman–Crippen MR) is 103 cm³/mol. The Morgan fingerprint density at radius 1 is 0.840 bits per heavy atom. The van der Waals surface area contributed by atoms with Gasteiger partial charge in [0.2, 0.25) is 5.95 Å². The van der Waals surface area contributed by atoms with Crippen LogP contribution in [0, 0.1) is 0 Å². The fourth-order valence-corrected chi connectivity index (χ4v) is 3.16. The van der Waals surface area contributed by atoms with E-state index in [4.69, 9.17) is 9.97 Å². The van der Waals surface area contributed by atoms with E-state index in [0.717, 1.165) is 36.7 Å². The summed E-state index contributed by atoms with van der Waals surface area (Å²) in [5.74, 6) is 1.70. The topological polar surface area (TPSA) is 41.1 Å². The van der Waals surface area contributed by atoms with Crippen LogP contribution < -0.4 is 10.2 Å². The molecule has 1 aromatic heterocycles. The first-order valence-electron chi connectivity index (χ1n) is 8.86. The van der Waals surface area contributed by atoms with E-state index >= 15 is 0 Å². The summed E-state index contributed by atoms with van der Waals surface area (Å²) in [5.41, 5.74) is 3.31. The molecule has 1 saturated heterocycles. The molecular formula is C21H22N4. The van der Waals surface area contributed by atoms with Crippen LogP contribution in [0.5, 0.6) is 0 Å². The molecule has 0 bridgehead atoms. The van der Waals surface area contributed by atoms with Crippen molar-refractivity contribution in [1.82, 2.24) is 9.97 Å². The van der Waals surface area contributed by atoms with Crippen molar-refractivity contribution >= 4 is 11.8 Å². The second kappa shape index (κ2) is 7.34. The molecule has 1 aliphatic heterocycles. The lowest BCUT2D eigenvalue weighted by Crippen LogP contribution is -2.20. The van der Waals surface area contributed by atoms with Crippen LogP contribution in [0.1, 0.15) is 18.4 Å². The number of hydrogen-bond donors (Lipinski definition) is 1. The highest BCUT2D eigenvalue weighted by atomic mass is 15.2. The summed E-state index contributed by atoms with van der Waals surface area (Å²) < 4.78 is 0.